The average molecular weight is 191 g/mol. The first-order valence-electron chi connectivity index (χ1n) is 4.06. The summed E-state index contributed by atoms with van der Waals surface area (Å²) in [4.78, 5) is 0. The van der Waals surface area contributed by atoms with E-state index in [0.29, 0.717) is 6.54 Å². The second kappa shape index (κ2) is 4.62. The SMILES string of the molecule is C=CCN(C(C)C)S(=O)(=O)CC. The predicted molar refractivity (Wildman–Crippen MR) is 51.5 cm³/mol. The number of hydrogen-bond acceptors (Lipinski definition) is 2. The summed E-state index contributed by atoms with van der Waals surface area (Å²) < 4.78 is 24.3. The molecule has 0 aliphatic carbocycles. The first-order chi connectivity index (χ1) is 5.45. The molecule has 0 aromatic rings. The van der Waals surface area contributed by atoms with E-state index in [1.54, 1.807) is 13.0 Å². The van der Waals surface area contributed by atoms with Gasteiger partial charge in [-0.2, -0.15) is 4.31 Å². The van der Waals surface area contributed by atoms with Crippen molar-refractivity contribution < 1.29 is 8.42 Å². The summed E-state index contributed by atoms with van der Waals surface area (Å²) in [7, 11) is -3.06. The van der Waals surface area contributed by atoms with Crippen LogP contribution < -0.4 is 0 Å². The van der Waals surface area contributed by atoms with Gasteiger partial charge in [-0.3, -0.25) is 0 Å². The molecule has 3 nitrogen and oxygen atoms in total. The first kappa shape index (κ1) is 11.6. The maximum atomic E-state index is 11.4. The lowest BCUT2D eigenvalue weighted by molar-refractivity contribution is 0.383. The van der Waals surface area contributed by atoms with E-state index in [4.69, 9.17) is 0 Å². The van der Waals surface area contributed by atoms with E-state index in [0.717, 1.165) is 0 Å². The molecule has 0 rings (SSSR count). The third-order valence-electron chi connectivity index (χ3n) is 1.61. The van der Waals surface area contributed by atoms with Crippen LogP contribution >= 0.6 is 0 Å². The quantitative estimate of drug-likeness (QED) is 0.613. The Hall–Kier alpha value is -0.350. The molecule has 0 aromatic heterocycles. The van der Waals surface area contributed by atoms with Gasteiger partial charge in [0.2, 0.25) is 10.0 Å². The lowest BCUT2D eigenvalue weighted by Gasteiger charge is -2.23. The van der Waals surface area contributed by atoms with Crippen molar-refractivity contribution in [3.63, 3.8) is 0 Å². The average Bonchev–Trinajstić information content (AvgIpc) is 1.99. The maximum Gasteiger partial charge on any atom is 0.214 e. The summed E-state index contributed by atoms with van der Waals surface area (Å²) in [5, 5.41) is 0. The van der Waals surface area contributed by atoms with E-state index in [2.05, 4.69) is 6.58 Å². The van der Waals surface area contributed by atoms with Crippen molar-refractivity contribution >= 4 is 10.0 Å². The molecule has 0 saturated heterocycles. The molecular formula is C8H17NO2S. The van der Waals surface area contributed by atoms with Crippen molar-refractivity contribution in [3.05, 3.63) is 12.7 Å². The zero-order chi connectivity index (χ0) is 9.78. The van der Waals surface area contributed by atoms with E-state index < -0.39 is 10.0 Å². The van der Waals surface area contributed by atoms with E-state index in [-0.39, 0.29) is 11.8 Å². The molecule has 0 bridgehead atoms. The topological polar surface area (TPSA) is 37.4 Å². The van der Waals surface area contributed by atoms with E-state index in [1.165, 1.54) is 4.31 Å². The lowest BCUT2D eigenvalue weighted by atomic mass is 10.4. The van der Waals surface area contributed by atoms with Crippen molar-refractivity contribution in [2.75, 3.05) is 12.3 Å². The Bertz CT molecular complexity index is 231. The van der Waals surface area contributed by atoms with Crippen LogP contribution in [0.1, 0.15) is 20.8 Å². The first-order valence-corrected chi connectivity index (χ1v) is 5.67. The largest absolute Gasteiger partial charge is 0.214 e. The highest BCUT2D eigenvalue weighted by Gasteiger charge is 2.20. The number of nitrogens with zero attached hydrogens (tertiary/aromatic N) is 1. The molecule has 12 heavy (non-hydrogen) atoms. The number of hydrogen-bond donors (Lipinski definition) is 0. The van der Waals surface area contributed by atoms with Crippen molar-refractivity contribution in [2.24, 2.45) is 0 Å². The molecule has 0 radical (unpaired) electrons. The van der Waals surface area contributed by atoms with Gasteiger partial charge in [-0.1, -0.05) is 6.08 Å². The van der Waals surface area contributed by atoms with Gasteiger partial charge in [0.15, 0.2) is 0 Å². The molecule has 0 amide bonds. The monoisotopic (exact) mass is 191 g/mol. The fourth-order valence-corrected chi connectivity index (χ4v) is 2.25. The molecule has 0 fully saturated rings. The summed E-state index contributed by atoms with van der Waals surface area (Å²) in [5.41, 5.74) is 0. The summed E-state index contributed by atoms with van der Waals surface area (Å²) in [5.74, 6) is 0.152. The fourth-order valence-electron chi connectivity index (χ4n) is 0.939. The van der Waals surface area contributed by atoms with Crippen molar-refractivity contribution in [2.45, 2.75) is 26.8 Å². The van der Waals surface area contributed by atoms with Crippen LogP contribution in [0, 0.1) is 0 Å². The number of rotatable bonds is 5. The molecule has 0 saturated carbocycles. The van der Waals surface area contributed by atoms with Gasteiger partial charge in [0, 0.05) is 12.6 Å². The molecule has 0 spiro atoms. The summed E-state index contributed by atoms with van der Waals surface area (Å²) >= 11 is 0. The van der Waals surface area contributed by atoms with Gasteiger partial charge in [0.1, 0.15) is 0 Å². The Morgan fingerprint density at radius 1 is 1.50 bits per heavy atom. The van der Waals surface area contributed by atoms with Gasteiger partial charge in [-0.05, 0) is 20.8 Å². The fraction of sp³-hybridized carbons (Fsp3) is 0.750. The Morgan fingerprint density at radius 2 is 2.00 bits per heavy atom. The Balaban J connectivity index is 4.62. The molecular weight excluding hydrogens is 174 g/mol. The molecule has 0 aliphatic rings. The molecule has 0 heterocycles. The van der Waals surface area contributed by atoms with Crippen LogP contribution in [0.15, 0.2) is 12.7 Å². The van der Waals surface area contributed by atoms with Crippen LogP contribution in [0.25, 0.3) is 0 Å². The molecule has 0 aromatic carbocycles. The predicted octanol–water partition coefficient (Wildman–Crippen LogP) is 1.23. The Morgan fingerprint density at radius 3 is 2.25 bits per heavy atom. The molecule has 4 heteroatoms. The molecule has 72 valence electrons. The zero-order valence-electron chi connectivity index (χ0n) is 7.95. The minimum Gasteiger partial charge on any atom is -0.212 e. The second-order valence-electron chi connectivity index (χ2n) is 2.85. The Kier molecular flexibility index (Phi) is 4.49. The Labute approximate surface area is 75.1 Å². The van der Waals surface area contributed by atoms with Gasteiger partial charge in [-0.15, -0.1) is 6.58 Å². The second-order valence-corrected chi connectivity index (χ2v) is 5.06. The van der Waals surface area contributed by atoms with Crippen LogP contribution in [0.2, 0.25) is 0 Å². The van der Waals surface area contributed by atoms with Gasteiger partial charge in [0.25, 0.3) is 0 Å². The van der Waals surface area contributed by atoms with Crippen molar-refractivity contribution in [1.29, 1.82) is 0 Å². The third kappa shape index (κ3) is 2.95. The smallest absolute Gasteiger partial charge is 0.212 e. The van der Waals surface area contributed by atoms with Gasteiger partial charge in [0.05, 0.1) is 5.75 Å². The minimum absolute atomic E-state index is 0.00736. The van der Waals surface area contributed by atoms with Crippen LogP contribution in [0.4, 0.5) is 0 Å². The van der Waals surface area contributed by atoms with Crippen LogP contribution in [-0.4, -0.2) is 31.1 Å². The van der Waals surface area contributed by atoms with Crippen LogP contribution in [-0.2, 0) is 10.0 Å². The normalized spacial score (nSPS) is 12.4. The number of sulfonamides is 1. The van der Waals surface area contributed by atoms with E-state index in [1.807, 2.05) is 13.8 Å². The van der Waals surface area contributed by atoms with Gasteiger partial charge < -0.3 is 0 Å². The van der Waals surface area contributed by atoms with Gasteiger partial charge >= 0.3 is 0 Å². The molecule has 0 aliphatic heterocycles. The lowest BCUT2D eigenvalue weighted by Crippen LogP contribution is -2.37. The van der Waals surface area contributed by atoms with Crippen molar-refractivity contribution in [1.82, 2.24) is 4.31 Å². The van der Waals surface area contributed by atoms with Crippen molar-refractivity contribution in [3.8, 4) is 0 Å². The summed E-state index contributed by atoms with van der Waals surface area (Å²) in [6, 6.07) is 0.00736. The van der Waals surface area contributed by atoms with E-state index >= 15 is 0 Å². The molecule has 0 unspecified atom stereocenters. The molecule has 0 atom stereocenters. The maximum absolute atomic E-state index is 11.4. The van der Waals surface area contributed by atoms with Gasteiger partial charge in [-0.25, -0.2) is 8.42 Å². The minimum atomic E-state index is -3.06. The highest BCUT2D eigenvalue weighted by Crippen LogP contribution is 2.06. The van der Waals surface area contributed by atoms with Crippen LogP contribution in [0.3, 0.4) is 0 Å². The summed E-state index contributed by atoms with van der Waals surface area (Å²) in [6.07, 6.45) is 1.60. The standard InChI is InChI=1S/C8H17NO2S/c1-5-7-9(8(3)4)12(10,11)6-2/h5,8H,1,6-7H2,2-4H3. The van der Waals surface area contributed by atoms with E-state index in [9.17, 15) is 8.42 Å². The van der Waals surface area contributed by atoms with Crippen LogP contribution in [0.5, 0.6) is 0 Å². The third-order valence-corrected chi connectivity index (χ3v) is 3.62. The summed E-state index contributed by atoms with van der Waals surface area (Å²) in [6.45, 7) is 9.28. The molecule has 0 N–H and O–H groups in total. The highest BCUT2D eigenvalue weighted by atomic mass is 32.2. The zero-order valence-corrected chi connectivity index (χ0v) is 8.76. The highest BCUT2D eigenvalue weighted by molar-refractivity contribution is 7.89.